The number of carbonyl (C=O) groups is 1. The SMILES string of the molecule is O=C1CC2(CCCC2)CC[N+]1([O-])CCCCBr. The lowest BCUT2D eigenvalue weighted by atomic mass is 9.76. The molecule has 1 spiro atoms. The zero-order valence-electron chi connectivity index (χ0n) is 10.4. The molecule has 1 unspecified atom stereocenters. The monoisotopic (exact) mass is 303 g/mol. The first-order chi connectivity index (χ1) is 8.10. The number of rotatable bonds is 4. The van der Waals surface area contributed by atoms with E-state index in [-0.39, 0.29) is 11.3 Å². The number of amides is 1. The van der Waals surface area contributed by atoms with E-state index in [9.17, 15) is 10.0 Å². The molecule has 4 heteroatoms. The zero-order chi connectivity index (χ0) is 12.4. The van der Waals surface area contributed by atoms with Crippen LogP contribution in [0.4, 0.5) is 0 Å². The summed E-state index contributed by atoms with van der Waals surface area (Å²) in [6, 6.07) is 0. The first-order valence-electron chi connectivity index (χ1n) is 6.78. The van der Waals surface area contributed by atoms with Crippen LogP contribution < -0.4 is 0 Å². The van der Waals surface area contributed by atoms with Gasteiger partial charge in [-0.2, -0.15) is 0 Å². The van der Waals surface area contributed by atoms with Crippen molar-refractivity contribution in [3.05, 3.63) is 5.21 Å². The number of halogens is 1. The molecule has 1 saturated carbocycles. The Labute approximate surface area is 112 Å². The molecule has 1 atom stereocenters. The Balaban J connectivity index is 1.92. The van der Waals surface area contributed by atoms with Crippen LogP contribution in [0.25, 0.3) is 0 Å². The molecule has 0 aromatic heterocycles. The molecule has 0 aromatic carbocycles. The van der Waals surface area contributed by atoms with Crippen LogP contribution in [0, 0.1) is 10.6 Å². The van der Waals surface area contributed by atoms with Gasteiger partial charge in [0, 0.05) is 11.8 Å². The number of piperidine rings is 1. The molecule has 3 nitrogen and oxygen atoms in total. The Kier molecular flexibility index (Phi) is 4.26. The molecule has 0 bridgehead atoms. The number of hydroxylamine groups is 3. The Morgan fingerprint density at radius 1 is 1.24 bits per heavy atom. The van der Waals surface area contributed by atoms with E-state index >= 15 is 0 Å². The molecule has 1 heterocycles. The van der Waals surface area contributed by atoms with Gasteiger partial charge in [-0.1, -0.05) is 28.8 Å². The number of carbonyl (C=O) groups excluding carboxylic acids is 1. The normalized spacial score (nSPS) is 32.2. The van der Waals surface area contributed by atoms with Gasteiger partial charge in [-0.3, -0.25) is 4.65 Å². The Hall–Kier alpha value is 0.0700. The van der Waals surface area contributed by atoms with Gasteiger partial charge in [-0.05, 0) is 31.1 Å². The molecular formula is C13H22BrNO2. The topological polar surface area (TPSA) is 40.1 Å². The first-order valence-corrected chi connectivity index (χ1v) is 7.90. The maximum absolute atomic E-state index is 12.4. The van der Waals surface area contributed by atoms with E-state index in [0.29, 0.717) is 19.5 Å². The van der Waals surface area contributed by atoms with Gasteiger partial charge in [0.05, 0.1) is 19.5 Å². The van der Waals surface area contributed by atoms with Gasteiger partial charge < -0.3 is 5.21 Å². The van der Waals surface area contributed by atoms with Gasteiger partial charge in [0.2, 0.25) is 0 Å². The van der Waals surface area contributed by atoms with Crippen LogP contribution in [0.3, 0.4) is 0 Å². The number of nitrogens with zero attached hydrogens (tertiary/aromatic N) is 1. The molecule has 1 aliphatic heterocycles. The molecule has 98 valence electrons. The van der Waals surface area contributed by atoms with E-state index in [1.165, 1.54) is 25.7 Å². The Morgan fingerprint density at radius 3 is 2.53 bits per heavy atom. The highest BCUT2D eigenvalue weighted by atomic mass is 79.9. The number of alkyl halides is 1. The van der Waals surface area contributed by atoms with Crippen LogP contribution in [0.15, 0.2) is 0 Å². The van der Waals surface area contributed by atoms with E-state index in [0.717, 1.165) is 24.6 Å². The van der Waals surface area contributed by atoms with Crippen molar-refractivity contribution >= 4 is 21.8 Å². The van der Waals surface area contributed by atoms with Crippen molar-refractivity contribution in [3.63, 3.8) is 0 Å². The molecule has 17 heavy (non-hydrogen) atoms. The quantitative estimate of drug-likeness (QED) is 0.346. The van der Waals surface area contributed by atoms with Crippen molar-refractivity contribution in [2.45, 2.75) is 51.4 Å². The molecule has 2 rings (SSSR count). The van der Waals surface area contributed by atoms with Crippen LogP contribution in [0.2, 0.25) is 0 Å². The summed E-state index contributed by atoms with van der Waals surface area (Å²) in [4.78, 5) is 12.1. The second-order valence-corrected chi connectivity index (χ2v) is 6.55. The fraction of sp³-hybridized carbons (Fsp3) is 0.923. The maximum Gasteiger partial charge on any atom is 0.314 e. The summed E-state index contributed by atoms with van der Waals surface area (Å²) in [6.45, 7) is 1.02. The second-order valence-electron chi connectivity index (χ2n) is 5.76. The largest absolute Gasteiger partial charge is 0.625 e. The van der Waals surface area contributed by atoms with Crippen LogP contribution in [-0.2, 0) is 4.79 Å². The molecule has 0 radical (unpaired) electrons. The number of likely N-dealkylation sites (tertiary alicyclic amines) is 1. The third-order valence-electron chi connectivity index (χ3n) is 4.55. The number of quaternary nitrogens is 1. The highest BCUT2D eigenvalue weighted by Crippen LogP contribution is 2.47. The van der Waals surface area contributed by atoms with E-state index in [1.54, 1.807) is 0 Å². The lowest BCUT2D eigenvalue weighted by Gasteiger charge is -2.48. The predicted molar refractivity (Wildman–Crippen MR) is 71.5 cm³/mol. The Bertz CT molecular complexity index is 289. The van der Waals surface area contributed by atoms with Gasteiger partial charge in [0.1, 0.15) is 0 Å². The zero-order valence-corrected chi connectivity index (χ0v) is 12.0. The van der Waals surface area contributed by atoms with Crippen molar-refractivity contribution < 1.29 is 9.44 Å². The number of hydrogen-bond acceptors (Lipinski definition) is 2. The maximum atomic E-state index is 12.4. The van der Waals surface area contributed by atoms with Gasteiger partial charge in [-0.15, -0.1) is 0 Å². The fourth-order valence-electron chi connectivity index (χ4n) is 3.35. The average molecular weight is 304 g/mol. The van der Waals surface area contributed by atoms with E-state index in [1.807, 2.05) is 0 Å². The third-order valence-corrected chi connectivity index (χ3v) is 5.11. The van der Waals surface area contributed by atoms with Gasteiger partial charge >= 0.3 is 5.91 Å². The van der Waals surface area contributed by atoms with Crippen LogP contribution in [0.5, 0.6) is 0 Å². The summed E-state index contributed by atoms with van der Waals surface area (Å²) >= 11 is 3.36. The first kappa shape index (κ1) is 13.5. The summed E-state index contributed by atoms with van der Waals surface area (Å²) in [5, 5.41) is 13.4. The van der Waals surface area contributed by atoms with Crippen LogP contribution in [-0.4, -0.2) is 29.0 Å². The molecule has 2 fully saturated rings. The van der Waals surface area contributed by atoms with E-state index < -0.39 is 4.65 Å². The highest BCUT2D eigenvalue weighted by Gasteiger charge is 2.46. The summed E-state index contributed by atoms with van der Waals surface area (Å²) < 4.78 is -0.547. The minimum atomic E-state index is -0.547. The standard InChI is InChI=1S/C13H22BrNO2/c14-8-3-4-9-15(17)10-7-13(11-12(15)16)5-1-2-6-13/h1-11H2. The Morgan fingerprint density at radius 2 is 1.94 bits per heavy atom. The molecule has 2 aliphatic rings. The van der Waals surface area contributed by atoms with Crippen molar-refractivity contribution in [1.29, 1.82) is 0 Å². The third kappa shape index (κ3) is 2.91. The lowest BCUT2D eigenvalue weighted by molar-refractivity contribution is -0.810. The molecular weight excluding hydrogens is 282 g/mol. The van der Waals surface area contributed by atoms with Crippen molar-refractivity contribution in [2.24, 2.45) is 5.41 Å². The van der Waals surface area contributed by atoms with Crippen molar-refractivity contribution in [1.82, 2.24) is 0 Å². The minimum Gasteiger partial charge on any atom is -0.625 e. The van der Waals surface area contributed by atoms with Crippen LogP contribution in [0.1, 0.15) is 51.4 Å². The minimum absolute atomic E-state index is 0.0484. The predicted octanol–water partition coefficient (Wildman–Crippen LogP) is 3.36. The highest BCUT2D eigenvalue weighted by molar-refractivity contribution is 9.09. The smallest absolute Gasteiger partial charge is 0.314 e. The summed E-state index contributed by atoms with van der Waals surface area (Å²) in [7, 11) is 0. The van der Waals surface area contributed by atoms with Gasteiger partial charge in [0.25, 0.3) is 0 Å². The summed E-state index contributed by atoms with van der Waals surface area (Å²) in [6.07, 6.45) is 8.18. The lowest BCUT2D eigenvalue weighted by Crippen LogP contribution is -2.55. The van der Waals surface area contributed by atoms with Crippen molar-refractivity contribution in [3.8, 4) is 0 Å². The molecule has 1 aliphatic carbocycles. The molecule has 0 N–H and O–H groups in total. The van der Waals surface area contributed by atoms with Gasteiger partial charge in [-0.25, -0.2) is 4.79 Å². The fourth-order valence-corrected chi connectivity index (χ4v) is 3.74. The molecule has 1 amide bonds. The summed E-state index contributed by atoms with van der Waals surface area (Å²) in [5.41, 5.74) is 0.221. The number of unbranched alkanes of at least 4 members (excludes halogenated alkanes) is 1. The van der Waals surface area contributed by atoms with E-state index in [2.05, 4.69) is 15.9 Å². The molecule has 1 saturated heterocycles. The van der Waals surface area contributed by atoms with Crippen molar-refractivity contribution in [2.75, 3.05) is 18.4 Å². The number of hydrogen-bond donors (Lipinski definition) is 0. The second kappa shape index (κ2) is 5.37. The van der Waals surface area contributed by atoms with Gasteiger partial charge in [0.15, 0.2) is 0 Å². The summed E-state index contributed by atoms with van der Waals surface area (Å²) in [5.74, 6) is -0.0484. The average Bonchev–Trinajstić information content (AvgIpc) is 2.74. The molecule has 0 aromatic rings. The van der Waals surface area contributed by atoms with Crippen LogP contribution >= 0.6 is 15.9 Å². The van der Waals surface area contributed by atoms with E-state index in [4.69, 9.17) is 0 Å².